The highest BCUT2D eigenvalue weighted by molar-refractivity contribution is 5.94. The summed E-state index contributed by atoms with van der Waals surface area (Å²) in [6.45, 7) is 1.75. The van der Waals surface area contributed by atoms with Crippen molar-refractivity contribution < 1.29 is 28.1 Å². The molecule has 4 N–H and O–H groups in total. The van der Waals surface area contributed by atoms with E-state index in [1.54, 1.807) is 17.6 Å². The van der Waals surface area contributed by atoms with E-state index in [1.807, 2.05) is 13.0 Å². The molecule has 2 rings (SSSR count). The fourth-order valence-electron chi connectivity index (χ4n) is 1.98. The van der Waals surface area contributed by atoms with Crippen LogP contribution in [0.4, 0.5) is 14.5 Å². The molecule has 1 aromatic heterocycles. The molecular weight excluding hydrogens is 320 g/mol. The third kappa shape index (κ3) is 5.17. The largest absolute Gasteiger partial charge is 0.463 e. The Morgan fingerprint density at radius 2 is 2.00 bits per heavy atom. The van der Waals surface area contributed by atoms with Gasteiger partial charge in [-0.05, 0) is 31.2 Å². The van der Waals surface area contributed by atoms with Gasteiger partial charge in [-0.25, -0.2) is 8.78 Å². The molecule has 2 aromatic rings. The van der Waals surface area contributed by atoms with Gasteiger partial charge in [0.1, 0.15) is 6.04 Å². The van der Waals surface area contributed by atoms with E-state index >= 15 is 0 Å². The molecular formula is C16H18F2N3O3+. The minimum Gasteiger partial charge on any atom is -0.463 e. The van der Waals surface area contributed by atoms with E-state index in [9.17, 15) is 18.4 Å². The molecule has 8 heteroatoms. The fraction of sp³-hybridized carbons (Fsp3) is 0.250. The van der Waals surface area contributed by atoms with Crippen LogP contribution in [0.15, 0.2) is 41.0 Å². The van der Waals surface area contributed by atoms with Gasteiger partial charge in [0.05, 0.1) is 12.8 Å². The number of carbonyl (C=O) groups is 2. The Labute approximate surface area is 137 Å². The second-order valence-corrected chi connectivity index (χ2v) is 5.20. The van der Waals surface area contributed by atoms with Crippen LogP contribution in [0, 0.1) is 11.6 Å². The highest BCUT2D eigenvalue weighted by atomic mass is 19.2. The zero-order valence-corrected chi connectivity index (χ0v) is 13.0. The van der Waals surface area contributed by atoms with Crippen molar-refractivity contribution in [3.63, 3.8) is 0 Å². The smallest absolute Gasteiger partial charge is 0.275 e. The molecule has 0 bridgehead atoms. The number of hydrogen-bond donors (Lipinski definition) is 3. The molecule has 0 aliphatic carbocycles. The highest BCUT2D eigenvalue weighted by Gasteiger charge is 2.14. The fourth-order valence-corrected chi connectivity index (χ4v) is 1.98. The number of rotatable bonds is 7. The third-order valence-corrected chi connectivity index (χ3v) is 3.30. The summed E-state index contributed by atoms with van der Waals surface area (Å²) in [4.78, 5) is 23.4. The number of amides is 2. The Morgan fingerprint density at radius 1 is 1.21 bits per heavy atom. The zero-order chi connectivity index (χ0) is 17.5. The van der Waals surface area contributed by atoms with Crippen molar-refractivity contribution in [2.45, 2.75) is 13.0 Å². The summed E-state index contributed by atoms with van der Waals surface area (Å²) in [7, 11) is 0. The third-order valence-electron chi connectivity index (χ3n) is 3.30. The topological polar surface area (TPSA) is 88.0 Å². The summed E-state index contributed by atoms with van der Waals surface area (Å²) in [5.74, 6) is -2.16. The van der Waals surface area contributed by atoms with Gasteiger partial charge in [0.15, 0.2) is 23.9 Å². The number of hydrogen-bond acceptors (Lipinski definition) is 3. The summed E-state index contributed by atoms with van der Waals surface area (Å²) >= 11 is 0. The second kappa shape index (κ2) is 8.21. The maximum absolute atomic E-state index is 13.0. The number of furan rings is 1. The molecule has 0 aliphatic rings. The van der Waals surface area contributed by atoms with Crippen LogP contribution in [0.3, 0.4) is 0 Å². The van der Waals surface area contributed by atoms with Crippen LogP contribution in [-0.4, -0.2) is 24.9 Å². The molecule has 2 amide bonds. The average molecular weight is 338 g/mol. The molecule has 1 aromatic carbocycles. The van der Waals surface area contributed by atoms with E-state index in [4.69, 9.17) is 4.42 Å². The Kier molecular flexibility index (Phi) is 6.02. The van der Waals surface area contributed by atoms with E-state index in [0.717, 1.165) is 17.9 Å². The van der Waals surface area contributed by atoms with Crippen molar-refractivity contribution >= 4 is 17.5 Å². The molecule has 0 saturated heterocycles. The number of halogens is 2. The monoisotopic (exact) mass is 338 g/mol. The van der Waals surface area contributed by atoms with Gasteiger partial charge in [0.25, 0.3) is 5.91 Å². The molecule has 0 aliphatic heterocycles. The van der Waals surface area contributed by atoms with Crippen LogP contribution in [0.1, 0.15) is 18.7 Å². The lowest BCUT2D eigenvalue weighted by Crippen LogP contribution is -2.87. The van der Waals surface area contributed by atoms with E-state index in [0.29, 0.717) is 0 Å². The van der Waals surface area contributed by atoms with Crippen LogP contribution >= 0.6 is 0 Å². The molecule has 0 fully saturated rings. The molecule has 1 atom stereocenters. The van der Waals surface area contributed by atoms with Crippen molar-refractivity contribution in [2.75, 3.05) is 18.4 Å². The lowest BCUT2D eigenvalue weighted by Gasteiger charge is -2.09. The highest BCUT2D eigenvalue weighted by Crippen LogP contribution is 2.12. The molecule has 128 valence electrons. The summed E-state index contributed by atoms with van der Waals surface area (Å²) < 4.78 is 31.0. The predicted molar refractivity (Wildman–Crippen MR) is 81.9 cm³/mol. The van der Waals surface area contributed by atoms with Gasteiger partial charge < -0.3 is 20.4 Å². The predicted octanol–water partition coefficient (Wildman–Crippen LogP) is 0.937. The van der Waals surface area contributed by atoms with E-state index in [1.165, 1.54) is 6.07 Å². The van der Waals surface area contributed by atoms with E-state index in [-0.39, 0.29) is 30.7 Å². The summed E-state index contributed by atoms with van der Waals surface area (Å²) in [5.41, 5.74) is 0.117. The van der Waals surface area contributed by atoms with Gasteiger partial charge in [0.2, 0.25) is 5.91 Å². The lowest BCUT2D eigenvalue weighted by atomic mass is 10.2. The molecule has 0 unspecified atom stereocenters. The molecule has 0 saturated carbocycles. The summed E-state index contributed by atoms with van der Waals surface area (Å²) in [5, 5.41) is 6.58. The number of benzene rings is 1. The Morgan fingerprint density at radius 3 is 2.67 bits per heavy atom. The molecule has 0 radical (unpaired) electrons. The van der Waals surface area contributed by atoms with Gasteiger partial charge in [-0.3, -0.25) is 9.59 Å². The first-order valence-corrected chi connectivity index (χ1v) is 7.34. The quantitative estimate of drug-likeness (QED) is 0.702. The second-order valence-electron chi connectivity index (χ2n) is 5.20. The van der Waals surface area contributed by atoms with Crippen LogP contribution in [0.25, 0.3) is 0 Å². The van der Waals surface area contributed by atoms with Crippen molar-refractivity contribution in [3.8, 4) is 0 Å². The number of carbonyl (C=O) groups excluding carboxylic acids is 2. The number of nitrogens with two attached hydrogens (primary N) is 1. The van der Waals surface area contributed by atoms with Gasteiger partial charge in [0, 0.05) is 11.8 Å². The first kappa shape index (κ1) is 17.6. The van der Waals surface area contributed by atoms with Crippen molar-refractivity contribution in [1.29, 1.82) is 0 Å². The van der Waals surface area contributed by atoms with E-state index < -0.39 is 17.5 Å². The number of nitrogens with one attached hydrogen (secondary N) is 2. The first-order valence-electron chi connectivity index (χ1n) is 7.34. The normalized spacial score (nSPS) is 11.8. The summed E-state index contributed by atoms with van der Waals surface area (Å²) in [6.07, 6.45) is 1.56. The molecule has 1 heterocycles. The first-order chi connectivity index (χ1) is 11.5. The van der Waals surface area contributed by atoms with Crippen LogP contribution < -0.4 is 16.0 Å². The number of quaternary nitrogens is 1. The van der Waals surface area contributed by atoms with Crippen molar-refractivity contribution in [3.05, 3.63) is 54.0 Å². The SMILES string of the molecule is C[C@H]([NH2+]CC(=O)NCC(=O)Nc1ccc(F)c(F)c1)c1ccco1. The van der Waals surface area contributed by atoms with Crippen molar-refractivity contribution in [1.82, 2.24) is 5.32 Å². The Balaban J connectivity index is 1.71. The molecule has 24 heavy (non-hydrogen) atoms. The Bertz CT molecular complexity index is 705. The number of anilines is 1. The van der Waals surface area contributed by atoms with Gasteiger partial charge >= 0.3 is 0 Å². The van der Waals surface area contributed by atoms with Gasteiger partial charge in [-0.15, -0.1) is 0 Å². The molecule has 0 spiro atoms. The Hall–Kier alpha value is -2.74. The zero-order valence-electron chi connectivity index (χ0n) is 13.0. The minimum absolute atomic E-state index is 0.0261. The van der Waals surface area contributed by atoms with Gasteiger partial charge in [-0.1, -0.05) is 0 Å². The average Bonchev–Trinajstić information content (AvgIpc) is 3.08. The minimum atomic E-state index is -1.06. The van der Waals surface area contributed by atoms with Crippen LogP contribution in [0.2, 0.25) is 0 Å². The standard InChI is InChI=1S/C16H17F2N3O3/c1-10(14-3-2-6-24-14)19-8-15(22)20-9-16(23)21-11-4-5-12(17)13(18)7-11/h2-7,10,19H,8-9H2,1H3,(H,20,22)(H,21,23)/p+1/t10-/m0/s1. The van der Waals surface area contributed by atoms with E-state index in [2.05, 4.69) is 10.6 Å². The van der Waals surface area contributed by atoms with Crippen LogP contribution in [0.5, 0.6) is 0 Å². The van der Waals surface area contributed by atoms with Crippen molar-refractivity contribution in [2.24, 2.45) is 0 Å². The molecule has 6 nitrogen and oxygen atoms in total. The summed E-state index contributed by atoms with van der Waals surface area (Å²) in [6, 6.07) is 6.57. The van der Waals surface area contributed by atoms with Gasteiger partial charge in [-0.2, -0.15) is 0 Å². The van der Waals surface area contributed by atoms with Crippen LogP contribution in [-0.2, 0) is 9.59 Å². The maximum Gasteiger partial charge on any atom is 0.275 e. The lowest BCUT2D eigenvalue weighted by molar-refractivity contribution is -0.684. The maximum atomic E-state index is 13.0.